The highest BCUT2D eigenvalue weighted by atomic mass is 35.5. The van der Waals surface area contributed by atoms with Gasteiger partial charge in [-0.2, -0.15) is 0 Å². The van der Waals surface area contributed by atoms with Gasteiger partial charge in [0.05, 0.1) is 12.6 Å². The average Bonchev–Trinajstić information content (AvgIpc) is 2.57. The predicted octanol–water partition coefficient (Wildman–Crippen LogP) is 2.04. The standard InChI is InChI=1S/C14H19ClN6O3/c1-24-9-5-4-8-11(10(9)15)20-12(13(19-8)21-16)17-6-2-3-7-18-14(22)23/h4-5,18H,2-3,6-7,16H2,1H3,(H,17,20)(H,19,21)(H,22,23). The molecule has 1 aromatic heterocycles. The van der Waals surface area contributed by atoms with E-state index in [2.05, 4.69) is 26.0 Å². The number of nitrogens with two attached hydrogens (primary N) is 1. The molecule has 0 aliphatic heterocycles. The SMILES string of the molecule is COc1ccc2nc(NN)c(NCCCCNC(=O)O)nc2c1Cl. The van der Waals surface area contributed by atoms with E-state index in [1.54, 1.807) is 12.1 Å². The minimum atomic E-state index is -1.03. The Labute approximate surface area is 143 Å². The number of nitrogen functional groups attached to an aromatic ring is 1. The molecule has 6 N–H and O–H groups in total. The molecule has 0 saturated carbocycles. The third kappa shape index (κ3) is 4.27. The number of amides is 1. The number of ether oxygens (including phenoxy) is 1. The molecule has 0 radical (unpaired) electrons. The van der Waals surface area contributed by atoms with Gasteiger partial charge in [0.15, 0.2) is 11.6 Å². The Morgan fingerprint density at radius 1 is 1.29 bits per heavy atom. The molecule has 0 unspecified atom stereocenters. The Bertz CT molecular complexity index is 727. The van der Waals surface area contributed by atoms with Crippen molar-refractivity contribution in [1.82, 2.24) is 15.3 Å². The third-order valence-corrected chi connectivity index (χ3v) is 3.63. The number of carbonyl (C=O) groups is 1. The number of hydrazine groups is 1. The zero-order valence-corrected chi connectivity index (χ0v) is 13.9. The lowest BCUT2D eigenvalue weighted by molar-refractivity contribution is 0.194. The van der Waals surface area contributed by atoms with E-state index >= 15 is 0 Å². The second kappa shape index (κ2) is 8.37. The second-order valence-corrected chi connectivity index (χ2v) is 5.26. The van der Waals surface area contributed by atoms with Crippen LogP contribution in [-0.2, 0) is 0 Å². The summed E-state index contributed by atoms with van der Waals surface area (Å²) in [7, 11) is 1.53. The molecular weight excluding hydrogens is 336 g/mol. The Morgan fingerprint density at radius 2 is 2.04 bits per heavy atom. The molecule has 0 atom stereocenters. The Kier molecular flexibility index (Phi) is 6.21. The summed E-state index contributed by atoms with van der Waals surface area (Å²) in [6.07, 6.45) is 0.414. The molecule has 0 fully saturated rings. The van der Waals surface area contributed by atoms with Gasteiger partial charge in [-0.25, -0.2) is 20.6 Å². The molecule has 2 rings (SSSR count). The van der Waals surface area contributed by atoms with Gasteiger partial charge in [0.1, 0.15) is 16.3 Å². The van der Waals surface area contributed by atoms with E-state index in [9.17, 15) is 4.79 Å². The largest absolute Gasteiger partial charge is 0.495 e. The molecule has 0 saturated heterocycles. The number of hydrogen-bond donors (Lipinski definition) is 5. The molecule has 0 aliphatic rings. The number of unbranched alkanes of at least 4 members (excludes halogenated alkanes) is 1. The van der Waals surface area contributed by atoms with E-state index in [1.807, 2.05) is 0 Å². The smallest absolute Gasteiger partial charge is 0.404 e. The summed E-state index contributed by atoms with van der Waals surface area (Å²) in [5, 5.41) is 14.3. The lowest BCUT2D eigenvalue weighted by atomic mass is 10.2. The monoisotopic (exact) mass is 354 g/mol. The van der Waals surface area contributed by atoms with Gasteiger partial charge in [0, 0.05) is 13.1 Å². The zero-order valence-electron chi connectivity index (χ0n) is 13.1. The van der Waals surface area contributed by atoms with Gasteiger partial charge < -0.3 is 25.9 Å². The minimum absolute atomic E-state index is 0.375. The molecular formula is C14H19ClN6O3. The van der Waals surface area contributed by atoms with Gasteiger partial charge in [-0.3, -0.25) is 0 Å². The number of benzene rings is 1. The maximum absolute atomic E-state index is 10.4. The number of fused-ring (bicyclic) bond motifs is 1. The van der Waals surface area contributed by atoms with E-state index in [-0.39, 0.29) is 0 Å². The van der Waals surface area contributed by atoms with Gasteiger partial charge in [-0.05, 0) is 25.0 Å². The van der Waals surface area contributed by atoms with Crippen molar-refractivity contribution < 1.29 is 14.6 Å². The van der Waals surface area contributed by atoms with E-state index in [0.717, 1.165) is 6.42 Å². The summed E-state index contributed by atoms with van der Waals surface area (Å²) in [5.41, 5.74) is 3.59. The van der Waals surface area contributed by atoms with Crippen molar-refractivity contribution in [2.75, 3.05) is 30.9 Å². The van der Waals surface area contributed by atoms with E-state index in [0.29, 0.717) is 53.0 Å². The second-order valence-electron chi connectivity index (χ2n) is 4.88. The number of nitrogens with zero attached hydrogens (tertiary/aromatic N) is 2. The molecule has 1 aromatic carbocycles. The van der Waals surface area contributed by atoms with Crippen LogP contribution in [0.5, 0.6) is 5.75 Å². The van der Waals surface area contributed by atoms with Gasteiger partial charge in [0.25, 0.3) is 0 Å². The third-order valence-electron chi connectivity index (χ3n) is 3.27. The summed E-state index contributed by atoms with van der Waals surface area (Å²) in [6, 6.07) is 3.46. The molecule has 24 heavy (non-hydrogen) atoms. The van der Waals surface area contributed by atoms with Gasteiger partial charge in [-0.1, -0.05) is 11.6 Å². The Morgan fingerprint density at radius 3 is 2.71 bits per heavy atom. The number of carboxylic acid groups (broad SMARTS) is 1. The molecule has 0 bridgehead atoms. The molecule has 10 heteroatoms. The van der Waals surface area contributed by atoms with Crippen molar-refractivity contribution in [3.8, 4) is 5.75 Å². The first kappa shape index (κ1) is 17.8. The summed E-state index contributed by atoms with van der Waals surface area (Å²) in [4.78, 5) is 19.2. The van der Waals surface area contributed by atoms with Crippen molar-refractivity contribution in [1.29, 1.82) is 0 Å². The number of methoxy groups -OCH3 is 1. The lowest BCUT2D eigenvalue weighted by Crippen LogP contribution is -2.22. The molecule has 9 nitrogen and oxygen atoms in total. The maximum atomic E-state index is 10.4. The maximum Gasteiger partial charge on any atom is 0.404 e. The van der Waals surface area contributed by atoms with Crippen molar-refractivity contribution in [2.45, 2.75) is 12.8 Å². The van der Waals surface area contributed by atoms with E-state index in [4.69, 9.17) is 27.3 Å². The van der Waals surface area contributed by atoms with Crippen LogP contribution in [0.2, 0.25) is 5.02 Å². The van der Waals surface area contributed by atoms with Gasteiger partial charge in [0.2, 0.25) is 0 Å². The topological polar surface area (TPSA) is 134 Å². The Hall–Kier alpha value is -2.52. The van der Waals surface area contributed by atoms with Crippen LogP contribution < -0.4 is 26.6 Å². The fraction of sp³-hybridized carbons (Fsp3) is 0.357. The number of nitrogens with one attached hydrogen (secondary N) is 3. The van der Waals surface area contributed by atoms with Crippen LogP contribution in [0, 0.1) is 0 Å². The molecule has 1 heterocycles. The van der Waals surface area contributed by atoms with Crippen LogP contribution in [-0.4, -0.2) is 41.4 Å². The molecule has 1 amide bonds. The van der Waals surface area contributed by atoms with E-state index < -0.39 is 6.09 Å². The highest BCUT2D eigenvalue weighted by molar-refractivity contribution is 6.36. The molecule has 0 aliphatic carbocycles. The van der Waals surface area contributed by atoms with Crippen molar-refractivity contribution in [3.63, 3.8) is 0 Å². The van der Waals surface area contributed by atoms with Crippen molar-refractivity contribution >= 4 is 40.4 Å². The number of aromatic nitrogens is 2. The predicted molar refractivity (Wildman–Crippen MR) is 92.7 cm³/mol. The van der Waals surface area contributed by atoms with Crippen LogP contribution in [0.4, 0.5) is 16.4 Å². The highest BCUT2D eigenvalue weighted by Gasteiger charge is 2.13. The molecule has 130 valence electrons. The van der Waals surface area contributed by atoms with Crippen LogP contribution in [0.15, 0.2) is 12.1 Å². The summed E-state index contributed by atoms with van der Waals surface area (Å²) in [6.45, 7) is 0.975. The highest BCUT2D eigenvalue weighted by Crippen LogP contribution is 2.32. The Balaban J connectivity index is 2.10. The number of hydrogen-bond acceptors (Lipinski definition) is 7. The zero-order chi connectivity index (χ0) is 17.5. The van der Waals surface area contributed by atoms with Gasteiger partial charge >= 0.3 is 6.09 Å². The fourth-order valence-corrected chi connectivity index (χ4v) is 2.38. The summed E-state index contributed by atoms with van der Waals surface area (Å²) in [5.74, 6) is 6.87. The quantitative estimate of drug-likeness (QED) is 0.276. The minimum Gasteiger partial charge on any atom is -0.495 e. The van der Waals surface area contributed by atoms with Gasteiger partial charge in [-0.15, -0.1) is 0 Å². The first-order valence-corrected chi connectivity index (χ1v) is 7.66. The van der Waals surface area contributed by atoms with Crippen LogP contribution in [0.3, 0.4) is 0 Å². The first-order valence-electron chi connectivity index (χ1n) is 7.28. The summed E-state index contributed by atoms with van der Waals surface area (Å²) >= 11 is 6.27. The average molecular weight is 355 g/mol. The molecule has 0 spiro atoms. The fourth-order valence-electron chi connectivity index (χ4n) is 2.10. The van der Waals surface area contributed by atoms with Crippen LogP contribution in [0.1, 0.15) is 12.8 Å². The van der Waals surface area contributed by atoms with Crippen molar-refractivity contribution in [3.05, 3.63) is 17.2 Å². The first-order chi connectivity index (χ1) is 11.6. The number of anilines is 2. The van der Waals surface area contributed by atoms with Crippen molar-refractivity contribution in [2.24, 2.45) is 5.84 Å². The van der Waals surface area contributed by atoms with Crippen LogP contribution >= 0.6 is 11.6 Å². The number of rotatable bonds is 8. The lowest BCUT2D eigenvalue weighted by Gasteiger charge is -2.12. The van der Waals surface area contributed by atoms with Crippen LogP contribution in [0.25, 0.3) is 11.0 Å². The number of halogens is 1. The molecule has 2 aromatic rings. The van der Waals surface area contributed by atoms with E-state index in [1.165, 1.54) is 7.11 Å². The normalized spacial score (nSPS) is 10.5. The summed E-state index contributed by atoms with van der Waals surface area (Å²) < 4.78 is 5.18.